The predicted molar refractivity (Wildman–Crippen MR) is 93.3 cm³/mol. The third kappa shape index (κ3) is 3.53. The number of hydrogen-bond donors (Lipinski definition) is 2. The monoisotopic (exact) mass is 346 g/mol. The summed E-state index contributed by atoms with van der Waals surface area (Å²) in [5.41, 5.74) is 1.65. The molecule has 6 heteroatoms. The Hall–Kier alpha value is -2.08. The second-order valence-electron chi connectivity index (χ2n) is 5.64. The molecule has 0 aliphatic rings. The molecule has 0 aliphatic heterocycles. The van der Waals surface area contributed by atoms with E-state index in [2.05, 4.69) is 4.98 Å². The van der Waals surface area contributed by atoms with Crippen LogP contribution in [0.4, 0.5) is 0 Å². The maximum Gasteiger partial charge on any atom is 0.138 e. The molecule has 2 aromatic carbocycles. The van der Waals surface area contributed by atoms with Gasteiger partial charge in [-0.2, -0.15) is 0 Å². The number of fused-ring (bicyclic) bond motifs is 1. The Morgan fingerprint density at radius 3 is 2.58 bits per heavy atom. The van der Waals surface area contributed by atoms with Gasteiger partial charge >= 0.3 is 0 Å². The van der Waals surface area contributed by atoms with Gasteiger partial charge in [0.25, 0.3) is 0 Å². The number of para-hydroxylation sites is 3. The number of nitrogens with zero attached hydrogens (tertiary/aromatic N) is 2. The van der Waals surface area contributed by atoms with Crippen LogP contribution in [0, 0.1) is 0 Å². The summed E-state index contributed by atoms with van der Waals surface area (Å²) in [4.78, 5) is 4.44. The minimum atomic E-state index is -0.767. The van der Waals surface area contributed by atoms with E-state index in [0.717, 1.165) is 11.0 Å². The summed E-state index contributed by atoms with van der Waals surface area (Å²) in [5.74, 6) is 1.05. The Kier molecular flexibility index (Phi) is 5.04. The molecule has 0 saturated heterocycles. The van der Waals surface area contributed by atoms with Crippen LogP contribution in [0.5, 0.6) is 5.75 Å². The lowest BCUT2D eigenvalue weighted by molar-refractivity contribution is 0.0895. The second-order valence-corrected chi connectivity index (χ2v) is 6.05. The molecule has 2 atom stereocenters. The van der Waals surface area contributed by atoms with E-state index in [1.807, 2.05) is 41.0 Å². The van der Waals surface area contributed by atoms with Crippen LogP contribution in [0.15, 0.2) is 48.5 Å². The molecule has 0 amide bonds. The summed E-state index contributed by atoms with van der Waals surface area (Å²) < 4.78 is 7.40. The second kappa shape index (κ2) is 7.21. The normalized spacial score (nSPS) is 13.8. The van der Waals surface area contributed by atoms with Crippen molar-refractivity contribution >= 4 is 22.6 Å². The van der Waals surface area contributed by atoms with Crippen LogP contribution in [-0.2, 0) is 6.54 Å². The quantitative estimate of drug-likeness (QED) is 0.719. The maximum absolute atomic E-state index is 10.3. The van der Waals surface area contributed by atoms with Gasteiger partial charge in [-0.15, -0.1) is 0 Å². The molecule has 0 spiro atoms. The predicted octanol–water partition coefficient (Wildman–Crippen LogP) is 3.18. The SMILES string of the molecule is CC(O)c1nc2ccccc2n1CC(O)COc1ccccc1Cl. The van der Waals surface area contributed by atoms with E-state index >= 15 is 0 Å². The minimum absolute atomic E-state index is 0.0927. The van der Waals surface area contributed by atoms with E-state index < -0.39 is 12.2 Å². The summed E-state index contributed by atoms with van der Waals surface area (Å²) in [7, 11) is 0. The van der Waals surface area contributed by atoms with E-state index in [9.17, 15) is 10.2 Å². The minimum Gasteiger partial charge on any atom is -0.489 e. The Balaban J connectivity index is 1.76. The number of imidazole rings is 1. The fourth-order valence-corrected chi connectivity index (χ4v) is 2.81. The molecule has 0 fully saturated rings. The zero-order chi connectivity index (χ0) is 17.1. The van der Waals surface area contributed by atoms with Crippen molar-refractivity contribution in [3.63, 3.8) is 0 Å². The molecule has 1 heterocycles. The molecule has 24 heavy (non-hydrogen) atoms. The number of halogens is 1. The Morgan fingerprint density at radius 1 is 1.12 bits per heavy atom. The number of rotatable bonds is 6. The molecule has 5 nitrogen and oxygen atoms in total. The van der Waals surface area contributed by atoms with Gasteiger partial charge in [0.2, 0.25) is 0 Å². The third-order valence-corrected chi connectivity index (χ3v) is 4.03. The van der Waals surface area contributed by atoms with Crippen molar-refractivity contribution in [3.05, 3.63) is 59.4 Å². The van der Waals surface area contributed by atoms with Crippen molar-refractivity contribution in [2.75, 3.05) is 6.61 Å². The van der Waals surface area contributed by atoms with Gasteiger partial charge in [0.05, 0.1) is 22.6 Å². The molecule has 126 valence electrons. The smallest absolute Gasteiger partial charge is 0.138 e. The zero-order valence-corrected chi connectivity index (χ0v) is 14.0. The van der Waals surface area contributed by atoms with Crippen LogP contribution in [-0.4, -0.2) is 32.5 Å². The first-order valence-electron chi connectivity index (χ1n) is 7.75. The van der Waals surface area contributed by atoms with E-state index in [4.69, 9.17) is 16.3 Å². The van der Waals surface area contributed by atoms with Gasteiger partial charge < -0.3 is 19.5 Å². The number of hydrogen-bond acceptors (Lipinski definition) is 4. The molecule has 0 radical (unpaired) electrons. The Bertz CT molecular complexity index is 832. The number of aromatic nitrogens is 2. The van der Waals surface area contributed by atoms with Crippen LogP contribution in [0.1, 0.15) is 18.9 Å². The number of aliphatic hydroxyl groups excluding tert-OH is 2. The van der Waals surface area contributed by atoms with E-state index in [1.54, 1.807) is 19.1 Å². The molecule has 3 rings (SSSR count). The summed E-state index contributed by atoms with van der Waals surface area (Å²) >= 11 is 6.04. The highest BCUT2D eigenvalue weighted by Gasteiger charge is 2.17. The maximum atomic E-state index is 10.3. The first kappa shape index (κ1) is 16.8. The summed E-state index contributed by atoms with van der Waals surface area (Å²) in [6.45, 7) is 2.02. The average Bonchev–Trinajstić information content (AvgIpc) is 2.93. The van der Waals surface area contributed by atoms with E-state index in [0.29, 0.717) is 16.6 Å². The largest absolute Gasteiger partial charge is 0.489 e. The van der Waals surface area contributed by atoms with Crippen molar-refractivity contribution in [1.29, 1.82) is 0 Å². The molecular formula is C18H19ClN2O3. The van der Waals surface area contributed by atoms with Crippen molar-refractivity contribution in [2.24, 2.45) is 0 Å². The van der Waals surface area contributed by atoms with E-state index in [1.165, 1.54) is 0 Å². The van der Waals surface area contributed by atoms with Crippen LogP contribution < -0.4 is 4.74 Å². The average molecular weight is 347 g/mol. The Morgan fingerprint density at radius 2 is 1.83 bits per heavy atom. The topological polar surface area (TPSA) is 67.5 Å². The standard InChI is InChI=1S/C18H19ClN2O3/c1-12(22)18-20-15-7-3-4-8-16(15)21(18)10-13(23)11-24-17-9-5-2-6-14(17)19/h2-9,12-13,22-23H,10-11H2,1H3. The lowest BCUT2D eigenvalue weighted by Crippen LogP contribution is -2.25. The van der Waals surface area contributed by atoms with Crippen molar-refractivity contribution in [1.82, 2.24) is 9.55 Å². The summed E-state index contributed by atoms with van der Waals surface area (Å²) in [6.07, 6.45) is -1.49. The lowest BCUT2D eigenvalue weighted by Gasteiger charge is -2.17. The number of aliphatic hydroxyl groups is 2. The molecule has 0 saturated carbocycles. The van der Waals surface area contributed by atoms with Crippen LogP contribution in [0.3, 0.4) is 0 Å². The van der Waals surface area contributed by atoms with Gasteiger partial charge in [-0.1, -0.05) is 35.9 Å². The van der Waals surface area contributed by atoms with Gasteiger partial charge in [0.1, 0.15) is 30.4 Å². The molecule has 0 aliphatic carbocycles. The van der Waals surface area contributed by atoms with Crippen LogP contribution >= 0.6 is 11.6 Å². The van der Waals surface area contributed by atoms with Gasteiger partial charge in [-0.3, -0.25) is 0 Å². The highest BCUT2D eigenvalue weighted by atomic mass is 35.5. The molecular weight excluding hydrogens is 328 g/mol. The highest BCUT2D eigenvalue weighted by molar-refractivity contribution is 6.32. The van der Waals surface area contributed by atoms with Crippen molar-refractivity contribution < 1.29 is 14.9 Å². The summed E-state index contributed by atoms with van der Waals surface area (Å²) in [6, 6.07) is 14.7. The van der Waals surface area contributed by atoms with Gasteiger partial charge in [0, 0.05) is 0 Å². The Labute approximate surface area is 145 Å². The van der Waals surface area contributed by atoms with Gasteiger partial charge in [-0.05, 0) is 31.2 Å². The fourth-order valence-electron chi connectivity index (χ4n) is 2.62. The van der Waals surface area contributed by atoms with Crippen molar-refractivity contribution in [2.45, 2.75) is 25.7 Å². The lowest BCUT2D eigenvalue weighted by atomic mass is 10.3. The fraction of sp³-hybridized carbons (Fsp3) is 0.278. The van der Waals surface area contributed by atoms with Crippen molar-refractivity contribution in [3.8, 4) is 5.75 Å². The highest BCUT2D eigenvalue weighted by Crippen LogP contribution is 2.24. The summed E-state index contributed by atoms with van der Waals surface area (Å²) in [5, 5.41) is 20.8. The third-order valence-electron chi connectivity index (χ3n) is 3.72. The molecule has 2 N–H and O–H groups in total. The van der Waals surface area contributed by atoms with Gasteiger partial charge in [-0.25, -0.2) is 4.98 Å². The first-order chi connectivity index (χ1) is 11.6. The van der Waals surface area contributed by atoms with Crippen LogP contribution in [0.2, 0.25) is 5.02 Å². The molecule has 2 unspecified atom stereocenters. The van der Waals surface area contributed by atoms with E-state index in [-0.39, 0.29) is 13.2 Å². The molecule has 1 aromatic heterocycles. The van der Waals surface area contributed by atoms with Crippen LogP contribution in [0.25, 0.3) is 11.0 Å². The number of benzene rings is 2. The first-order valence-corrected chi connectivity index (χ1v) is 8.12. The van der Waals surface area contributed by atoms with Gasteiger partial charge in [0.15, 0.2) is 0 Å². The number of ether oxygens (including phenoxy) is 1. The molecule has 3 aromatic rings. The zero-order valence-electron chi connectivity index (χ0n) is 13.3. The molecule has 0 bridgehead atoms.